The van der Waals surface area contributed by atoms with E-state index in [4.69, 9.17) is 4.74 Å². The van der Waals surface area contributed by atoms with Gasteiger partial charge in [-0.3, -0.25) is 4.90 Å². The van der Waals surface area contributed by atoms with Gasteiger partial charge in [0.05, 0.1) is 12.6 Å². The first kappa shape index (κ1) is 21.0. The summed E-state index contributed by atoms with van der Waals surface area (Å²) < 4.78 is 5.31. The first-order valence-corrected chi connectivity index (χ1v) is 11.5. The van der Waals surface area contributed by atoms with Crippen molar-refractivity contribution in [2.45, 2.75) is 18.9 Å². The van der Waals surface area contributed by atoms with Crippen molar-refractivity contribution in [3.8, 4) is 5.75 Å². The molecular formula is C25H32N6O. The van der Waals surface area contributed by atoms with Crippen LogP contribution in [0.15, 0.2) is 48.8 Å². The predicted octanol–water partition coefficient (Wildman–Crippen LogP) is 3.60. The quantitative estimate of drug-likeness (QED) is 0.661. The SMILES string of the molecule is COc1ccc2c(Nc3ccc(N4CCN(C5CCN(C)CC5)CC4)cc3)ncnc2c1. The summed E-state index contributed by atoms with van der Waals surface area (Å²) in [5, 5.41) is 4.42. The van der Waals surface area contributed by atoms with Gasteiger partial charge in [0, 0.05) is 55.0 Å². The van der Waals surface area contributed by atoms with Crippen LogP contribution in [0.1, 0.15) is 12.8 Å². The maximum Gasteiger partial charge on any atom is 0.141 e. The van der Waals surface area contributed by atoms with Gasteiger partial charge in [0.15, 0.2) is 0 Å². The lowest BCUT2D eigenvalue weighted by Crippen LogP contribution is -2.52. The van der Waals surface area contributed by atoms with Crippen LogP contribution in [0.4, 0.5) is 17.2 Å². The lowest BCUT2D eigenvalue weighted by molar-refractivity contribution is 0.115. The number of benzene rings is 2. The highest BCUT2D eigenvalue weighted by atomic mass is 16.5. The van der Waals surface area contributed by atoms with Gasteiger partial charge in [-0.1, -0.05) is 0 Å². The highest BCUT2D eigenvalue weighted by Crippen LogP contribution is 2.28. The van der Waals surface area contributed by atoms with E-state index in [0.29, 0.717) is 0 Å². The van der Waals surface area contributed by atoms with Crippen LogP contribution in [0.5, 0.6) is 5.75 Å². The van der Waals surface area contributed by atoms with Gasteiger partial charge < -0.3 is 19.9 Å². The Morgan fingerprint density at radius 3 is 2.38 bits per heavy atom. The smallest absolute Gasteiger partial charge is 0.141 e. The number of fused-ring (bicyclic) bond motifs is 1. The van der Waals surface area contributed by atoms with E-state index in [0.717, 1.165) is 60.4 Å². The van der Waals surface area contributed by atoms with E-state index in [-0.39, 0.29) is 0 Å². The van der Waals surface area contributed by atoms with Crippen molar-refractivity contribution in [2.24, 2.45) is 0 Å². The minimum atomic E-state index is 0.766. The van der Waals surface area contributed by atoms with Crippen molar-refractivity contribution in [2.75, 3.05) is 63.6 Å². The zero-order valence-corrected chi connectivity index (χ0v) is 19.0. The van der Waals surface area contributed by atoms with E-state index in [9.17, 15) is 0 Å². The number of nitrogens with zero attached hydrogens (tertiary/aromatic N) is 5. The highest BCUT2D eigenvalue weighted by Gasteiger charge is 2.26. The molecule has 0 radical (unpaired) electrons. The maximum atomic E-state index is 5.31. The number of hydrogen-bond acceptors (Lipinski definition) is 7. The second-order valence-electron chi connectivity index (χ2n) is 8.83. The first-order valence-electron chi connectivity index (χ1n) is 11.5. The van der Waals surface area contributed by atoms with Gasteiger partial charge in [0.2, 0.25) is 0 Å². The predicted molar refractivity (Wildman–Crippen MR) is 130 cm³/mol. The highest BCUT2D eigenvalue weighted by molar-refractivity contribution is 5.91. The monoisotopic (exact) mass is 432 g/mol. The molecule has 3 heterocycles. The molecule has 2 aliphatic heterocycles. The van der Waals surface area contributed by atoms with Gasteiger partial charge in [-0.15, -0.1) is 0 Å². The van der Waals surface area contributed by atoms with E-state index in [1.807, 2.05) is 18.2 Å². The second-order valence-corrected chi connectivity index (χ2v) is 8.83. The van der Waals surface area contributed by atoms with Crippen molar-refractivity contribution < 1.29 is 4.74 Å². The molecule has 0 aliphatic carbocycles. The number of ether oxygens (including phenoxy) is 1. The van der Waals surface area contributed by atoms with Crippen LogP contribution in [0.3, 0.4) is 0 Å². The van der Waals surface area contributed by atoms with Gasteiger partial charge in [-0.05, 0) is 69.4 Å². The third kappa shape index (κ3) is 4.49. The van der Waals surface area contributed by atoms with E-state index in [2.05, 4.69) is 61.3 Å². The molecule has 2 saturated heterocycles. The summed E-state index contributed by atoms with van der Waals surface area (Å²) in [6, 6.07) is 15.3. The zero-order valence-electron chi connectivity index (χ0n) is 19.0. The number of piperazine rings is 1. The third-order valence-corrected chi connectivity index (χ3v) is 6.86. The second kappa shape index (κ2) is 9.30. The molecule has 0 bridgehead atoms. The molecule has 7 heteroatoms. The van der Waals surface area contributed by atoms with Crippen LogP contribution in [0.25, 0.3) is 10.9 Å². The number of anilines is 3. The number of nitrogens with one attached hydrogen (secondary N) is 1. The molecule has 1 N–H and O–H groups in total. The zero-order chi connectivity index (χ0) is 21.9. The molecule has 2 fully saturated rings. The molecule has 5 rings (SSSR count). The Kier molecular flexibility index (Phi) is 6.10. The fraction of sp³-hybridized carbons (Fsp3) is 0.440. The number of hydrogen-bond donors (Lipinski definition) is 1. The Labute approximate surface area is 190 Å². The van der Waals surface area contributed by atoms with Crippen molar-refractivity contribution in [1.82, 2.24) is 19.8 Å². The normalized spacial score (nSPS) is 18.8. The van der Waals surface area contributed by atoms with Crippen molar-refractivity contribution >= 4 is 28.1 Å². The third-order valence-electron chi connectivity index (χ3n) is 6.86. The van der Waals surface area contributed by atoms with Crippen LogP contribution in [0, 0.1) is 0 Å². The summed E-state index contributed by atoms with van der Waals surface area (Å²) in [6.45, 7) is 6.97. The summed E-state index contributed by atoms with van der Waals surface area (Å²) in [7, 11) is 3.90. The topological polar surface area (TPSA) is 56.8 Å². The van der Waals surface area contributed by atoms with Crippen LogP contribution in [-0.4, -0.2) is 79.2 Å². The molecule has 0 amide bonds. The maximum absolute atomic E-state index is 5.31. The van der Waals surface area contributed by atoms with E-state index in [1.165, 1.54) is 31.6 Å². The molecule has 32 heavy (non-hydrogen) atoms. The molecule has 0 saturated carbocycles. The van der Waals surface area contributed by atoms with Crippen molar-refractivity contribution in [3.05, 3.63) is 48.8 Å². The summed E-state index contributed by atoms with van der Waals surface area (Å²) in [5.74, 6) is 1.60. The number of piperidine rings is 1. The fourth-order valence-corrected chi connectivity index (χ4v) is 4.86. The first-order chi connectivity index (χ1) is 15.7. The van der Waals surface area contributed by atoms with Crippen LogP contribution < -0.4 is 15.0 Å². The standard InChI is InChI=1S/C25H32N6O/c1-29-11-9-21(10-12-29)31-15-13-30(14-16-31)20-5-3-19(4-6-20)28-25-23-8-7-22(32-2)17-24(23)26-18-27-25/h3-8,17-18,21H,9-16H2,1-2H3,(H,26,27,28). The Balaban J connectivity index is 1.21. The summed E-state index contributed by atoms with van der Waals surface area (Å²) in [4.78, 5) is 16.5. The van der Waals surface area contributed by atoms with Crippen LogP contribution in [-0.2, 0) is 0 Å². The molecule has 2 aromatic carbocycles. The molecule has 3 aromatic rings. The van der Waals surface area contributed by atoms with Crippen molar-refractivity contribution in [1.29, 1.82) is 0 Å². The molecule has 1 aromatic heterocycles. The molecule has 2 aliphatic rings. The fourth-order valence-electron chi connectivity index (χ4n) is 4.86. The van der Waals surface area contributed by atoms with E-state index >= 15 is 0 Å². The number of aromatic nitrogens is 2. The lowest BCUT2D eigenvalue weighted by Gasteiger charge is -2.42. The van der Waals surface area contributed by atoms with Crippen LogP contribution >= 0.6 is 0 Å². The van der Waals surface area contributed by atoms with Gasteiger partial charge in [0.25, 0.3) is 0 Å². The molecule has 168 valence electrons. The van der Waals surface area contributed by atoms with Gasteiger partial charge in [0.1, 0.15) is 17.9 Å². The molecule has 0 spiro atoms. The molecule has 7 nitrogen and oxygen atoms in total. The summed E-state index contributed by atoms with van der Waals surface area (Å²) in [5.41, 5.74) is 3.17. The Morgan fingerprint density at radius 1 is 0.906 bits per heavy atom. The summed E-state index contributed by atoms with van der Waals surface area (Å²) in [6.07, 6.45) is 4.20. The average Bonchev–Trinajstić information content (AvgIpc) is 2.85. The minimum absolute atomic E-state index is 0.766. The number of methoxy groups -OCH3 is 1. The molecule has 0 atom stereocenters. The van der Waals surface area contributed by atoms with Gasteiger partial charge >= 0.3 is 0 Å². The Morgan fingerprint density at radius 2 is 1.66 bits per heavy atom. The minimum Gasteiger partial charge on any atom is -0.497 e. The lowest BCUT2D eigenvalue weighted by atomic mass is 10.0. The number of likely N-dealkylation sites (tertiary alicyclic amines) is 1. The Hall–Kier alpha value is -2.90. The van der Waals surface area contributed by atoms with E-state index < -0.39 is 0 Å². The van der Waals surface area contributed by atoms with Crippen LogP contribution in [0.2, 0.25) is 0 Å². The molecular weight excluding hydrogens is 400 g/mol. The average molecular weight is 433 g/mol. The Bertz CT molecular complexity index is 1040. The van der Waals surface area contributed by atoms with Crippen molar-refractivity contribution in [3.63, 3.8) is 0 Å². The number of rotatable bonds is 5. The van der Waals surface area contributed by atoms with E-state index in [1.54, 1.807) is 13.4 Å². The van der Waals surface area contributed by atoms with Gasteiger partial charge in [-0.2, -0.15) is 0 Å². The summed E-state index contributed by atoms with van der Waals surface area (Å²) >= 11 is 0. The largest absolute Gasteiger partial charge is 0.497 e. The van der Waals surface area contributed by atoms with Gasteiger partial charge in [-0.25, -0.2) is 9.97 Å². The molecule has 0 unspecified atom stereocenters.